The average Bonchev–Trinajstić information content (AvgIpc) is 2.41. The summed E-state index contributed by atoms with van der Waals surface area (Å²) in [5.41, 5.74) is 10.3. The van der Waals surface area contributed by atoms with Crippen LogP contribution in [0.2, 0.25) is 0 Å². The normalized spacial score (nSPS) is 13.4. The lowest BCUT2D eigenvalue weighted by Crippen LogP contribution is -2.52. The van der Waals surface area contributed by atoms with E-state index in [1.807, 2.05) is 0 Å². The number of carboxylic acids is 1. The third kappa shape index (κ3) is 8.37. The van der Waals surface area contributed by atoms with Gasteiger partial charge in [-0.1, -0.05) is 13.3 Å². The second kappa shape index (κ2) is 9.48. The van der Waals surface area contributed by atoms with Crippen LogP contribution in [0.5, 0.6) is 0 Å². The predicted molar refractivity (Wildman–Crippen MR) is 73.8 cm³/mol. The summed E-state index contributed by atoms with van der Waals surface area (Å²) in [4.78, 5) is 44.2. The van der Waals surface area contributed by atoms with Crippen LogP contribution in [0.25, 0.3) is 0 Å². The Bertz CT molecular complexity index is 435. The molecule has 0 radical (unpaired) electrons. The van der Waals surface area contributed by atoms with Crippen LogP contribution in [0.1, 0.15) is 19.8 Å². The molecule has 0 saturated heterocycles. The van der Waals surface area contributed by atoms with Gasteiger partial charge in [0, 0.05) is 18.7 Å². The van der Waals surface area contributed by atoms with Crippen molar-refractivity contribution in [3.05, 3.63) is 12.2 Å². The van der Waals surface area contributed by atoms with E-state index in [0.717, 1.165) is 12.2 Å². The van der Waals surface area contributed by atoms with Crippen molar-refractivity contribution in [2.24, 2.45) is 11.5 Å². The van der Waals surface area contributed by atoms with Gasteiger partial charge in [-0.2, -0.15) is 0 Å². The second-order valence-electron chi connectivity index (χ2n) is 4.28. The second-order valence-corrected chi connectivity index (χ2v) is 4.28. The lowest BCUT2D eigenvalue weighted by atomic mass is 10.1. The first-order valence-electron chi connectivity index (χ1n) is 6.32. The minimum atomic E-state index is -1.15. The Labute approximate surface area is 121 Å². The Morgan fingerprint density at radius 3 is 2.33 bits per heavy atom. The smallest absolute Gasteiger partial charge is 0.326 e. The molecule has 0 heterocycles. The van der Waals surface area contributed by atoms with E-state index in [4.69, 9.17) is 16.6 Å². The zero-order valence-corrected chi connectivity index (χ0v) is 11.7. The first-order chi connectivity index (χ1) is 9.77. The molecule has 0 aromatic heterocycles. The van der Waals surface area contributed by atoms with E-state index in [1.54, 1.807) is 6.92 Å². The molecule has 0 fully saturated rings. The van der Waals surface area contributed by atoms with Gasteiger partial charge in [0.15, 0.2) is 0 Å². The largest absolute Gasteiger partial charge is 0.480 e. The fraction of sp³-hybridized carbons (Fsp3) is 0.500. The molecule has 9 heteroatoms. The standard InChI is InChI=1S/C12H20N4O5/c1-2-3-8(12(20)21)16-11(19)7(13)6-15-10(18)5-4-9(14)17/h4-5,7-8H,2-3,6,13H2,1H3,(H2,14,17)(H,15,18)(H,16,19)(H,20,21)/b5-4+/t7-,8-/m1/s1. The molecule has 7 N–H and O–H groups in total. The molecule has 21 heavy (non-hydrogen) atoms. The van der Waals surface area contributed by atoms with Crippen molar-refractivity contribution in [1.29, 1.82) is 0 Å². The summed E-state index contributed by atoms with van der Waals surface area (Å²) in [5.74, 6) is -3.25. The minimum Gasteiger partial charge on any atom is -0.480 e. The summed E-state index contributed by atoms with van der Waals surface area (Å²) in [6.45, 7) is 1.58. The van der Waals surface area contributed by atoms with Crippen LogP contribution in [0.3, 0.4) is 0 Å². The van der Waals surface area contributed by atoms with Gasteiger partial charge >= 0.3 is 5.97 Å². The van der Waals surface area contributed by atoms with Gasteiger partial charge in [0.1, 0.15) is 12.1 Å². The van der Waals surface area contributed by atoms with Gasteiger partial charge in [-0.05, 0) is 6.42 Å². The number of nitrogens with one attached hydrogen (secondary N) is 2. The van der Waals surface area contributed by atoms with Gasteiger partial charge in [-0.15, -0.1) is 0 Å². The van der Waals surface area contributed by atoms with Crippen LogP contribution in [0, 0.1) is 0 Å². The molecule has 0 aliphatic heterocycles. The van der Waals surface area contributed by atoms with Crippen LogP contribution in [0.4, 0.5) is 0 Å². The van der Waals surface area contributed by atoms with Crippen LogP contribution < -0.4 is 22.1 Å². The maximum atomic E-state index is 11.7. The number of hydrogen-bond donors (Lipinski definition) is 5. The molecule has 2 atom stereocenters. The van der Waals surface area contributed by atoms with Gasteiger partial charge < -0.3 is 27.2 Å². The molecule has 0 aliphatic carbocycles. The molecule has 0 saturated carbocycles. The fourth-order valence-corrected chi connectivity index (χ4v) is 1.34. The molecule has 0 aromatic carbocycles. The number of carbonyl (C=O) groups excluding carboxylic acids is 3. The lowest BCUT2D eigenvalue weighted by molar-refractivity contribution is -0.142. The van der Waals surface area contributed by atoms with E-state index in [1.165, 1.54) is 0 Å². The van der Waals surface area contributed by atoms with Crippen molar-refractivity contribution in [2.45, 2.75) is 31.8 Å². The van der Waals surface area contributed by atoms with E-state index in [-0.39, 0.29) is 13.0 Å². The molecular weight excluding hydrogens is 280 g/mol. The van der Waals surface area contributed by atoms with Gasteiger partial charge in [-0.25, -0.2) is 4.79 Å². The summed E-state index contributed by atoms with van der Waals surface area (Å²) >= 11 is 0. The monoisotopic (exact) mass is 300 g/mol. The highest BCUT2D eigenvalue weighted by atomic mass is 16.4. The van der Waals surface area contributed by atoms with Crippen LogP contribution in [-0.2, 0) is 19.2 Å². The van der Waals surface area contributed by atoms with Crippen LogP contribution >= 0.6 is 0 Å². The first kappa shape index (κ1) is 18.6. The van der Waals surface area contributed by atoms with Crippen molar-refractivity contribution in [3.63, 3.8) is 0 Å². The lowest BCUT2D eigenvalue weighted by Gasteiger charge is -2.17. The summed E-state index contributed by atoms with van der Waals surface area (Å²) in [6, 6.07) is -2.12. The maximum absolute atomic E-state index is 11.7. The molecule has 9 nitrogen and oxygen atoms in total. The molecule has 118 valence electrons. The summed E-state index contributed by atoms with van der Waals surface area (Å²) in [5, 5.41) is 13.5. The summed E-state index contributed by atoms with van der Waals surface area (Å²) in [6.07, 6.45) is 2.63. The Hall–Kier alpha value is -2.42. The van der Waals surface area contributed by atoms with Crippen molar-refractivity contribution in [1.82, 2.24) is 10.6 Å². The average molecular weight is 300 g/mol. The number of carbonyl (C=O) groups is 4. The number of amides is 3. The van der Waals surface area contributed by atoms with Gasteiger partial charge in [0.2, 0.25) is 17.7 Å². The summed E-state index contributed by atoms with van der Waals surface area (Å²) in [7, 11) is 0. The Morgan fingerprint density at radius 1 is 1.24 bits per heavy atom. The minimum absolute atomic E-state index is 0.202. The molecule has 0 unspecified atom stereocenters. The number of rotatable bonds is 9. The van der Waals surface area contributed by atoms with Gasteiger partial charge in [-0.3, -0.25) is 14.4 Å². The maximum Gasteiger partial charge on any atom is 0.326 e. The molecule has 3 amide bonds. The molecule has 0 spiro atoms. The number of nitrogens with two attached hydrogens (primary N) is 2. The summed E-state index contributed by atoms with van der Waals surface area (Å²) < 4.78 is 0. The number of primary amides is 1. The Morgan fingerprint density at radius 2 is 1.86 bits per heavy atom. The van der Waals surface area contributed by atoms with Gasteiger partial charge in [0.05, 0.1) is 0 Å². The van der Waals surface area contributed by atoms with Crippen molar-refractivity contribution < 1.29 is 24.3 Å². The Balaban J connectivity index is 4.29. The highest BCUT2D eigenvalue weighted by Gasteiger charge is 2.22. The topological polar surface area (TPSA) is 165 Å². The Kier molecular flexibility index (Phi) is 8.39. The molecule has 0 aliphatic rings. The molecule has 0 bridgehead atoms. The molecule has 0 aromatic rings. The fourth-order valence-electron chi connectivity index (χ4n) is 1.34. The highest BCUT2D eigenvalue weighted by molar-refractivity contribution is 5.96. The predicted octanol–water partition coefficient (Wildman–Crippen LogP) is -2.16. The SMILES string of the molecule is CCC[C@@H](NC(=O)[C@H](N)CNC(=O)/C=C/C(N)=O)C(=O)O. The van der Waals surface area contributed by atoms with E-state index < -0.39 is 35.8 Å². The van der Waals surface area contributed by atoms with Gasteiger partial charge in [0.25, 0.3) is 0 Å². The first-order valence-corrected chi connectivity index (χ1v) is 6.32. The number of aliphatic carboxylic acids is 1. The van der Waals surface area contributed by atoms with Crippen LogP contribution in [-0.4, -0.2) is 47.4 Å². The quantitative estimate of drug-likeness (QED) is 0.304. The zero-order valence-electron chi connectivity index (χ0n) is 11.7. The van der Waals surface area contributed by atoms with E-state index >= 15 is 0 Å². The van der Waals surface area contributed by atoms with E-state index in [0.29, 0.717) is 6.42 Å². The third-order valence-corrected chi connectivity index (χ3v) is 2.42. The number of hydrogen-bond acceptors (Lipinski definition) is 5. The van der Waals surface area contributed by atoms with Crippen LogP contribution in [0.15, 0.2) is 12.2 Å². The van der Waals surface area contributed by atoms with Crippen molar-refractivity contribution in [3.8, 4) is 0 Å². The molecule has 0 rings (SSSR count). The molecular formula is C12H20N4O5. The van der Waals surface area contributed by atoms with E-state index in [2.05, 4.69) is 10.6 Å². The third-order valence-electron chi connectivity index (χ3n) is 2.42. The van der Waals surface area contributed by atoms with Crippen molar-refractivity contribution in [2.75, 3.05) is 6.54 Å². The zero-order chi connectivity index (χ0) is 16.4. The van der Waals surface area contributed by atoms with Crippen molar-refractivity contribution >= 4 is 23.7 Å². The van der Waals surface area contributed by atoms with E-state index in [9.17, 15) is 19.2 Å². The highest BCUT2D eigenvalue weighted by Crippen LogP contribution is 1.97. The number of carboxylic acid groups (broad SMARTS) is 1.